The first kappa shape index (κ1) is 11.9. The van der Waals surface area contributed by atoms with E-state index in [1.54, 1.807) is 24.3 Å². The van der Waals surface area contributed by atoms with Gasteiger partial charge in [-0.1, -0.05) is 12.1 Å². The lowest BCUT2D eigenvalue weighted by Gasteiger charge is -2.06. The number of nitrogens with one attached hydrogen (secondary N) is 1. The van der Waals surface area contributed by atoms with Crippen molar-refractivity contribution in [1.29, 1.82) is 0 Å². The molecule has 1 fully saturated rings. The molecule has 1 aliphatic rings. The lowest BCUT2D eigenvalue weighted by atomic mass is 10.2. The lowest BCUT2D eigenvalue weighted by molar-refractivity contribution is 0.281. The maximum absolute atomic E-state index is 11.5. The Kier molecular flexibility index (Phi) is 3.05. The van der Waals surface area contributed by atoms with Gasteiger partial charge in [-0.15, -0.1) is 0 Å². The summed E-state index contributed by atoms with van der Waals surface area (Å²) in [5.74, 6) is 1.97. The zero-order valence-electron chi connectivity index (χ0n) is 10.3. The van der Waals surface area contributed by atoms with E-state index in [9.17, 15) is 4.79 Å². The number of aromatic nitrogens is 2. The topological polar surface area (TPSA) is 75.2 Å². The smallest absolute Gasteiger partial charge is 0.254 e. The Morgan fingerprint density at radius 3 is 2.68 bits per heavy atom. The predicted molar refractivity (Wildman–Crippen MR) is 69.3 cm³/mol. The number of ether oxygens (including phenoxy) is 1. The summed E-state index contributed by atoms with van der Waals surface area (Å²) in [6, 6.07) is 8.36. The van der Waals surface area contributed by atoms with Gasteiger partial charge < -0.3 is 14.8 Å². The molecule has 3 rings (SSSR count). The summed E-state index contributed by atoms with van der Waals surface area (Å²) in [7, 11) is 0. The first-order valence-corrected chi connectivity index (χ1v) is 6.23. The Hall–Kier alpha value is -2.14. The zero-order chi connectivity index (χ0) is 13.2. The van der Waals surface area contributed by atoms with Crippen molar-refractivity contribution in [3.8, 4) is 11.6 Å². The van der Waals surface area contributed by atoms with Crippen LogP contribution in [0.1, 0.15) is 30.1 Å². The van der Waals surface area contributed by atoms with Crippen LogP contribution in [0.3, 0.4) is 0 Å². The zero-order valence-corrected chi connectivity index (χ0v) is 10.3. The molecule has 2 N–H and O–H groups in total. The summed E-state index contributed by atoms with van der Waals surface area (Å²) in [5, 5.41) is 8.96. The van der Waals surface area contributed by atoms with E-state index in [0.29, 0.717) is 23.4 Å². The van der Waals surface area contributed by atoms with Crippen LogP contribution in [0.2, 0.25) is 0 Å². The van der Waals surface area contributed by atoms with Gasteiger partial charge in [0.25, 0.3) is 5.56 Å². The van der Waals surface area contributed by atoms with E-state index in [1.807, 2.05) is 0 Å². The highest BCUT2D eigenvalue weighted by molar-refractivity contribution is 5.30. The number of aromatic amines is 1. The maximum Gasteiger partial charge on any atom is 0.254 e. The van der Waals surface area contributed by atoms with Gasteiger partial charge in [0.2, 0.25) is 5.88 Å². The Morgan fingerprint density at radius 1 is 1.32 bits per heavy atom. The van der Waals surface area contributed by atoms with E-state index in [0.717, 1.165) is 18.4 Å². The van der Waals surface area contributed by atoms with Crippen molar-refractivity contribution in [3.63, 3.8) is 0 Å². The van der Waals surface area contributed by atoms with Gasteiger partial charge in [0.15, 0.2) is 0 Å². The molecule has 1 saturated carbocycles. The molecule has 5 nitrogen and oxygen atoms in total. The van der Waals surface area contributed by atoms with Gasteiger partial charge in [-0.2, -0.15) is 4.98 Å². The molecule has 2 aromatic rings. The molecule has 0 spiro atoms. The van der Waals surface area contributed by atoms with Crippen molar-refractivity contribution in [1.82, 2.24) is 9.97 Å². The molecule has 0 saturated heterocycles. The third kappa shape index (κ3) is 2.82. The molecule has 0 radical (unpaired) electrons. The van der Waals surface area contributed by atoms with Gasteiger partial charge in [-0.25, -0.2) is 0 Å². The molecule has 0 bridgehead atoms. The first-order valence-electron chi connectivity index (χ1n) is 6.23. The quantitative estimate of drug-likeness (QED) is 0.878. The van der Waals surface area contributed by atoms with Crippen LogP contribution in [0.5, 0.6) is 11.6 Å². The molecular weight excluding hydrogens is 244 g/mol. The Morgan fingerprint density at radius 2 is 2.05 bits per heavy atom. The number of hydrogen-bond donors (Lipinski definition) is 2. The number of benzene rings is 1. The molecule has 98 valence electrons. The molecule has 1 aliphatic carbocycles. The van der Waals surface area contributed by atoms with Crippen molar-refractivity contribution in [2.24, 2.45) is 0 Å². The van der Waals surface area contributed by atoms with Crippen LogP contribution >= 0.6 is 0 Å². The highest BCUT2D eigenvalue weighted by atomic mass is 16.5. The average molecular weight is 258 g/mol. The second kappa shape index (κ2) is 4.85. The molecule has 0 unspecified atom stereocenters. The van der Waals surface area contributed by atoms with Crippen LogP contribution in [-0.4, -0.2) is 15.1 Å². The van der Waals surface area contributed by atoms with Crippen molar-refractivity contribution < 1.29 is 9.84 Å². The molecule has 1 aromatic carbocycles. The van der Waals surface area contributed by atoms with E-state index in [2.05, 4.69) is 9.97 Å². The van der Waals surface area contributed by atoms with Gasteiger partial charge in [0, 0.05) is 5.92 Å². The van der Waals surface area contributed by atoms with Crippen molar-refractivity contribution in [3.05, 3.63) is 52.1 Å². The van der Waals surface area contributed by atoms with Gasteiger partial charge >= 0.3 is 0 Å². The average Bonchev–Trinajstić information content (AvgIpc) is 3.23. The van der Waals surface area contributed by atoms with E-state index in [-0.39, 0.29) is 12.2 Å². The lowest BCUT2D eigenvalue weighted by Crippen LogP contribution is -2.10. The molecule has 0 aliphatic heterocycles. The van der Waals surface area contributed by atoms with Crippen molar-refractivity contribution >= 4 is 0 Å². The molecular formula is C14H14N2O3. The Labute approximate surface area is 109 Å². The monoisotopic (exact) mass is 258 g/mol. The van der Waals surface area contributed by atoms with Crippen LogP contribution in [-0.2, 0) is 6.61 Å². The largest absolute Gasteiger partial charge is 0.439 e. The van der Waals surface area contributed by atoms with Crippen LogP contribution in [0.25, 0.3) is 0 Å². The number of rotatable bonds is 4. The number of aliphatic hydroxyl groups is 1. The minimum Gasteiger partial charge on any atom is -0.439 e. The number of aliphatic hydroxyl groups excluding tert-OH is 1. The van der Waals surface area contributed by atoms with Gasteiger partial charge in [0.05, 0.1) is 12.7 Å². The van der Waals surface area contributed by atoms with Crippen molar-refractivity contribution in [2.45, 2.75) is 25.4 Å². The normalized spacial score (nSPS) is 14.4. The summed E-state index contributed by atoms with van der Waals surface area (Å²) in [6.07, 6.45) is 2.13. The highest BCUT2D eigenvalue weighted by Crippen LogP contribution is 2.38. The number of H-pyrrole nitrogens is 1. The van der Waals surface area contributed by atoms with E-state index < -0.39 is 0 Å². The first-order chi connectivity index (χ1) is 9.24. The predicted octanol–water partition coefficient (Wildman–Crippen LogP) is 1.93. The minimum atomic E-state index is -0.195. The second-order valence-corrected chi connectivity index (χ2v) is 4.65. The molecule has 0 amide bonds. The summed E-state index contributed by atoms with van der Waals surface area (Å²) < 4.78 is 5.56. The number of nitrogens with zero attached hydrogens (tertiary/aromatic N) is 1. The van der Waals surface area contributed by atoms with Crippen LogP contribution in [0.15, 0.2) is 35.1 Å². The third-order valence-corrected chi connectivity index (χ3v) is 3.03. The summed E-state index contributed by atoms with van der Waals surface area (Å²) in [4.78, 5) is 18.6. The fourth-order valence-corrected chi connectivity index (χ4v) is 1.84. The highest BCUT2D eigenvalue weighted by Gasteiger charge is 2.26. The molecule has 1 aromatic heterocycles. The summed E-state index contributed by atoms with van der Waals surface area (Å²) in [6.45, 7) is -0.00460. The number of hydrogen-bond acceptors (Lipinski definition) is 4. The molecule has 19 heavy (non-hydrogen) atoms. The van der Waals surface area contributed by atoms with Gasteiger partial charge in [-0.3, -0.25) is 4.79 Å². The van der Waals surface area contributed by atoms with Crippen LogP contribution in [0.4, 0.5) is 0 Å². The van der Waals surface area contributed by atoms with Crippen LogP contribution < -0.4 is 10.3 Å². The third-order valence-electron chi connectivity index (χ3n) is 3.03. The molecule has 1 heterocycles. The Bertz CT molecular complexity index is 630. The van der Waals surface area contributed by atoms with Crippen LogP contribution in [0, 0.1) is 0 Å². The maximum atomic E-state index is 11.5. The standard InChI is InChI=1S/C14H14N2O3/c17-8-9-1-5-11(6-2-9)19-13-7-12(18)15-14(16-13)10-3-4-10/h1-2,5-7,10,17H,3-4,8H2,(H,15,16,18). The van der Waals surface area contributed by atoms with Crippen molar-refractivity contribution in [2.75, 3.05) is 0 Å². The summed E-state index contributed by atoms with van der Waals surface area (Å²) >= 11 is 0. The van der Waals surface area contributed by atoms with Gasteiger partial charge in [0.1, 0.15) is 11.6 Å². The summed E-state index contributed by atoms with van der Waals surface area (Å²) in [5.41, 5.74) is 0.615. The Balaban J connectivity index is 1.83. The minimum absolute atomic E-state index is 0.00460. The fourth-order valence-electron chi connectivity index (χ4n) is 1.84. The van der Waals surface area contributed by atoms with E-state index in [4.69, 9.17) is 9.84 Å². The van der Waals surface area contributed by atoms with Gasteiger partial charge in [-0.05, 0) is 30.5 Å². The second-order valence-electron chi connectivity index (χ2n) is 4.65. The molecule has 5 heteroatoms. The molecule has 0 atom stereocenters. The van der Waals surface area contributed by atoms with E-state index in [1.165, 1.54) is 6.07 Å². The van der Waals surface area contributed by atoms with E-state index >= 15 is 0 Å². The SMILES string of the molecule is O=c1cc(Oc2ccc(CO)cc2)nc(C2CC2)[nH]1. The fraction of sp³-hybridized carbons (Fsp3) is 0.286.